The topological polar surface area (TPSA) is 96.3 Å². The molecule has 4 N–H and O–H groups in total. The summed E-state index contributed by atoms with van der Waals surface area (Å²) in [6, 6.07) is 5.82. The number of nitrogen functional groups attached to an aromatic ring is 1. The maximum Gasteiger partial charge on any atom is 0.146 e. The van der Waals surface area contributed by atoms with Gasteiger partial charge in [0.25, 0.3) is 0 Å². The van der Waals surface area contributed by atoms with Crippen molar-refractivity contribution < 1.29 is 9.47 Å². The van der Waals surface area contributed by atoms with E-state index in [1.807, 2.05) is 13.0 Å². The molecule has 0 radical (unpaired) electrons. The molecule has 2 rings (SSSR count). The molecule has 0 saturated carbocycles. The lowest BCUT2D eigenvalue weighted by Gasteiger charge is -2.14. The Labute approximate surface area is 148 Å². The lowest BCUT2D eigenvalue weighted by atomic mass is 10.00. The highest BCUT2D eigenvalue weighted by Gasteiger charge is 2.09. The number of nitrogens with two attached hydrogens (primary N) is 2. The van der Waals surface area contributed by atoms with E-state index in [1.165, 1.54) is 0 Å². The molecule has 1 heterocycles. The van der Waals surface area contributed by atoms with Crippen molar-refractivity contribution >= 4 is 11.9 Å². The Kier molecular flexibility index (Phi) is 7.37. The van der Waals surface area contributed by atoms with Crippen molar-refractivity contribution in [1.29, 1.82) is 0 Å². The Morgan fingerprint density at radius 1 is 1.12 bits per heavy atom. The first kappa shape index (κ1) is 18.9. The van der Waals surface area contributed by atoms with E-state index in [-0.39, 0.29) is 0 Å². The van der Waals surface area contributed by atoms with Crippen LogP contribution in [-0.4, -0.2) is 36.6 Å². The third-order valence-corrected chi connectivity index (χ3v) is 3.79. The molecule has 0 atom stereocenters. The van der Waals surface area contributed by atoms with Crippen LogP contribution in [0.3, 0.4) is 0 Å². The SMILES string of the molecule is C=Cc1c(C)cc(-c2cnnc(N)c2)cc1OCCOCCCCN. The van der Waals surface area contributed by atoms with Gasteiger partial charge in [-0.2, -0.15) is 5.10 Å². The van der Waals surface area contributed by atoms with Crippen LogP contribution in [0.1, 0.15) is 24.0 Å². The van der Waals surface area contributed by atoms with Crippen molar-refractivity contribution in [2.75, 3.05) is 32.1 Å². The summed E-state index contributed by atoms with van der Waals surface area (Å²) in [5.74, 6) is 1.15. The molecule has 0 aliphatic rings. The van der Waals surface area contributed by atoms with Crippen LogP contribution in [0.4, 0.5) is 5.82 Å². The Morgan fingerprint density at radius 2 is 1.96 bits per heavy atom. The van der Waals surface area contributed by atoms with Gasteiger partial charge in [-0.1, -0.05) is 18.7 Å². The minimum atomic E-state index is 0.385. The number of ether oxygens (including phenoxy) is 2. The van der Waals surface area contributed by atoms with Crippen molar-refractivity contribution in [3.8, 4) is 16.9 Å². The predicted octanol–water partition coefficient (Wildman–Crippen LogP) is 2.81. The van der Waals surface area contributed by atoms with Crippen LogP contribution >= 0.6 is 0 Å². The number of nitrogens with zero attached hydrogens (tertiary/aromatic N) is 2. The smallest absolute Gasteiger partial charge is 0.146 e. The Balaban J connectivity index is 2.07. The molecule has 0 aliphatic heterocycles. The molecule has 0 fully saturated rings. The van der Waals surface area contributed by atoms with Gasteiger partial charge in [-0.3, -0.25) is 0 Å². The zero-order valence-corrected chi connectivity index (χ0v) is 14.7. The zero-order chi connectivity index (χ0) is 18.1. The second-order valence-electron chi connectivity index (χ2n) is 5.73. The predicted molar refractivity (Wildman–Crippen MR) is 101 cm³/mol. The Morgan fingerprint density at radius 3 is 2.68 bits per heavy atom. The molecule has 134 valence electrons. The van der Waals surface area contributed by atoms with Crippen molar-refractivity contribution in [1.82, 2.24) is 10.2 Å². The number of benzene rings is 1. The number of unbranched alkanes of at least 4 members (excludes halogenated alkanes) is 1. The maximum atomic E-state index is 5.92. The largest absolute Gasteiger partial charge is 0.491 e. The molecule has 0 unspecified atom stereocenters. The van der Waals surface area contributed by atoms with E-state index in [0.717, 1.165) is 40.8 Å². The summed E-state index contributed by atoms with van der Waals surface area (Å²) in [4.78, 5) is 0. The summed E-state index contributed by atoms with van der Waals surface area (Å²) in [5, 5.41) is 7.70. The van der Waals surface area contributed by atoms with Crippen molar-refractivity contribution in [3.63, 3.8) is 0 Å². The molecule has 6 nitrogen and oxygen atoms in total. The van der Waals surface area contributed by atoms with E-state index >= 15 is 0 Å². The van der Waals surface area contributed by atoms with Crippen LogP contribution in [0.15, 0.2) is 31.0 Å². The maximum absolute atomic E-state index is 5.92. The van der Waals surface area contributed by atoms with Gasteiger partial charge < -0.3 is 20.9 Å². The number of rotatable bonds is 10. The fourth-order valence-electron chi connectivity index (χ4n) is 2.52. The van der Waals surface area contributed by atoms with E-state index in [4.69, 9.17) is 20.9 Å². The molecule has 0 saturated heterocycles. The summed E-state index contributed by atoms with van der Waals surface area (Å²) in [6.45, 7) is 8.32. The lowest BCUT2D eigenvalue weighted by Crippen LogP contribution is -2.09. The molecular weight excluding hydrogens is 316 g/mol. The van der Waals surface area contributed by atoms with E-state index < -0.39 is 0 Å². The highest BCUT2D eigenvalue weighted by molar-refractivity contribution is 5.72. The summed E-state index contributed by atoms with van der Waals surface area (Å²) < 4.78 is 11.5. The molecule has 0 aliphatic carbocycles. The van der Waals surface area contributed by atoms with Crippen LogP contribution in [0.25, 0.3) is 17.2 Å². The monoisotopic (exact) mass is 342 g/mol. The fraction of sp³-hybridized carbons (Fsp3) is 0.368. The van der Waals surface area contributed by atoms with Gasteiger partial charge in [-0.15, -0.1) is 5.10 Å². The second-order valence-corrected chi connectivity index (χ2v) is 5.73. The van der Waals surface area contributed by atoms with E-state index in [0.29, 0.717) is 32.2 Å². The molecule has 25 heavy (non-hydrogen) atoms. The molecule has 2 aromatic rings. The first-order chi connectivity index (χ1) is 12.2. The van der Waals surface area contributed by atoms with Gasteiger partial charge in [0.2, 0.25) is 0 Å². The van der Waals surface area contributed by atoms with Crippen molar-refractivity contribution in [2.45, 2.75) is 19.8 Å². The summed E-state index contributed by atoms with van der Waals surface area (Å²) >= 11 is 0. The minimum absolute atomic E-state index is 0.385. The number of hydrogen-bond donors (Lipinski definition) is 2. The first-order valence-electron chi connectivity index (χ1n) is 8.42. The van der Waals surface area contributed by atoms with Crippen molar-refractivity contribution in [3.05, 3.63) is 42.1 Å². The third kappa shape index (κ3) is 5.55. The lowest BCUT2D eigenvalue weighted by molar-refractivity contribution is 0.0976. The van der Waals surface area contributed by atoms with Gasteiger partial charge in [0.1, 0.15) is 18.2 Å². The van der Waals surface area contributed by atoms with E-state index in [2.05, 4.69) is 22.8 Å². The van der Waals surface area contributed by atoms with E-state index in [1.54, 1.807) is 18.3 Å². The highest BCUT2D eigenvalue weighted by atomic mass is 16.5. The molecule has 0 bridgehead atoms. The van der Waals surface area contributed by atoms with Gasteiger partial charge in [0, 0.05) is 17.7 Å². The van der Waals surface area contributed by atoms with Gasteiger partial charge in [0.05, 0.1) is 12.8 Å². The third-order valence-electron chi connectivity index (χ3n) is 3.79. The first-order valence-corrected chi connectivity index (χ1v) is 8.42. The van der Waals surface area contributed by atoms with Crippen LogP contribution in [0.5, 0.6) is 5.75 Å². The summed E-state index contributed by atoms with van der Waals surface area (Å²) in [7, 11) is 0. The Bertz CT molecular complexity index is 704. The number of aromatic nitrogens is 2. The quantitative estimate of drug-likeness (QED) is 0.645. The zero-order valence-electron chi connectivity index (χ0n) is 14.7. The second kappa shape index (κ2) is 9.76. The van der Waals surface area contributed by atoms with Gasteiger partial charge in [0.15, 0.2) is 0 Å². The standard InChI is InChI=1S/C19H26N4O2/c1-3-17-14(2)10-15(16-12-19(21)23-22-13-16)11-18(17)25-9-8-24-7-5-4-6-20/h3,10-13H,1,4-9,20H2,2H3,(H2,21,23). The van der Waals surface area contributed by atoms with Crippen LogP contribution in [0, 0.1) is 6.92 Å². The molecule has 0 spiro atoms. The normalized spacial score (nSPS) is 10.6. The van der Waals surface area contributed by atoms with Crippen LogP contribution in [0.2, 0.25) is 0 Å². The van der Waals surface area contributed by atoms with Crippen LogP contribution < -0.4 is 16.2 Å². The summed E-state index contributed by atoms with van der Waals surface area (Å²) in [5.41, 5.74) is 15.1. The summed E-state index contributed by atoms with van der Waals surface area (Å²) in [6.07, 6.45) is 5.43. The molecule has 1 aromatic carbocycles. The average Bonchev–Trinajstić information content (AvgIpc) is 2.60. The number of hydrogen-bond acceptors (Lipinski definition) is 6. The van der Waals surface area contributed by atoms with Gasteiger partial charge >= 0.3 is 0 Å². The number of anilines is 1. The molecular formula is C19H26N4O2. The molecule has 0 amide bonds. The molecule has 1 aromatic heterocycles. The number of aryl methyl sites for hydroxylation is 1. The fourth-order valence-corrected chi connectivity index (χ4v) is 2.52. The highest BCUT2D eigenvalue weighted by Crippen LogP contribution is 2.31. The molecule has 6 heteroatoms. The van der Waals surface area contributed by atoms with Gasteiger partial charge in [-0.25, -0.2) is 0 Å². The Hall–Kier alpha value is -2.44. The van der Waals surface area contributed by atoms with Crippen molar-refractivity contribution in [2.24, 2.45) is 5.73 Å². The van der Waals surface area contributed by atoms with E-state index in [9.17, 15) is 0 Å². The minimum Gasteiger partial charge on any atom is -0.491 e. The van der Waals surface area contributed by atoms with Gasteiger partial charge in [-0.05, 0) is 49.6 Å². The average molecular weight is 342 g/mol. The van der Waals surface area contributed by atoms with Crippen LogP contribution in [-0.2, 0) is 4.74 Å².